The Morgan fingerprint density at radius 1 is 1.23 bits per heavy atom. The van der Waals surface area contributed by atoms with Crippen molar-refractivity contribution in [1.82, 2.24) is 9.88 Å². The summed E-state index contributed by atoms with van der Waals surface area (Å²) in [6.07, 6.45) is 0.694. The highest BCUT2D eigenvalue weighted by molar-refractivity contribution is 5.94. The minimum Gasteiger partial charge on any atom is -0.477 e. The number of halogens is 3. The number of carboxylic acids is 1. The monoisotopic (exact) mass is 424 g/mol. The van der Waals surface area contributed by atoms with Crippen LogP contribution in [0.4, 0.5) is 18.9 Å². The summed E-state index contributed by atoms with van der Waals surface area (Å²) in [7, 11) is 0. The van der Waals surface area contributed by atoms with Crippen LogP contribution >= 0.6 is 0 Å². The number of aromatic nitrogens is 1. The van der Waals surface area contributed by atoms with E-state index in [0.29, 0.717) is 24.4 Å². The Morgan fingerprint density at radius 3 is 2.67 bits per heavy atom. The molecule has 6 nitrogen and oxygen atoms in total. The molecule has 2 N–H and O–H groups in total. The summed E-state index contributed by atoms with van der Waals surface area (Å²) in [4.78, 5) is 24.5. The van der Waals surface area contributed by atoms with E-state index >= 15 is 4.39 Å². The Hall–Kier alpha value is -3.33. The highest BCUT2D eigenvalue weighted by Crippen LogP contribution is 2.28. The van der Waals surface area contributed by atoms with E-state index in [4.69, 9.17) is 9.60 Å². The van der Waals surface area contributed by atoms with Gasteiger partial charge >= 0.3 is 5.97 Å². The molecule has 0 saturated carbocycles. The standard InChI is InChI=1S/C21H18F3N3O3/c1-11-9-26(5-4-25-11)19-8-18-13(7-16(19)24)20(28)14(21(29)30)10-27(18)17-3-2-12(22)6-15(17)23/h2-3,6-8,10-11,25H,4-5,9H2,1H3,(H,29,30)/i4D2,5D2,9D2,11D. The second kappa shape index (κ2) is 7.49. The minimum absolute atomic E-state index is 0.0687. The van der Waals surface area contributed by atoms with Gasteiger partial charge in [-0.1, -0.05) is 0 Å². The van der Waals surface area contributed by atoms with Crippen LogP contribution in [0.3, 0.4) is 0 Å². The summed E-state index contributed by atoms with van der Waals surface area (Å²) in [5.41, 5.74) is -3.93. The molecule has 1 unspecified atom stereocenters. The predicted octanol–water partition coefficient (Wildman–Crippen LogP) is 2.90. The van der Waals surface area contributed by atoms with Gasteiger partial charge in [0.1, 0.15) is 23.0 Å². The Bertz CT molecular complexity index is 1500. The lowest BCUT2D eigenvalue weighted by Gasteiger charge is -2.34. The number of piperazine rings is 1. The molecule has 3 aromatic rings. The van der Waals surface area contributed by atoms with E-state index in [9.17, 15) is 23.5 Å². The van der Waals surface area contributed by atoms with Crippen molar-refractivity contribution in [3.63, 3.8) is 0 Å². The maximum Gasteiger partial charge on any atom is 0.341 e. The van der Waals surface area contributed by atoms with E-state index in [-0.39, 0.29) is 4.90 Å². The molecule has 0 aliphatic carbocycles. The molecule has 0 bridgehead atoms. The number of rotatable bonds is 3. The first-order valence-electron chi connectivity index (χ1n) is 12.0. The third-order valence-corrected chi connectivity index (χ3v) is 4.41. The van der Waals surface area contributed by atoms with Crippen LogP contribution in [-0.2, 0) is 0 Å². The number of benzene rings is 2. The fourth-order valence-electron chi connectivity index (χ4n) is 3.06. The van der Waals surface area contributed by atoms with E-state index in [1.54, 1.807) is 0 Å². The van der Waals surface area contributed by atoms with E-state index in [0.717, 1.165) is 23.6 Å². The smallest absolute Gasteiger partial charge is 0.341 e. The number of carboxylic acid groups (broad SMARTS) is 1. The first-order valence-corrected chi connectivity index (χ1v) is 8.51. The third-order valence-electron chi connectivity index (χ3n) is 4.41. The number of pyridine rings is 1. The SMILES string of the molecule is [2H]C1([2H])NC([2H])(C)C([2H])([2H])N(c2cc3c(cc2F)c(=O)c(C(=O)O)cn3-c2ccc(F)cc2F)C1([2H])[2H]. The number of anilines is 1. The normalized spacial score (nSPS) is 27.7. The molecule has 156 valence electrons. The molecule has 1 aliphatic heterocycles. The summed E-state index contributed by atoms with van der Waals surface area (Å²) in [6.45, 7) is -8.61. The van der Waals surface area contributed by atoms with E-state index in [2.05, 4.69) is 0 Å². The number of aromatic carboxylic acids is 1. The van der Waals surface area contributed by atoms with Crippen molar-refractivity contribution in [2.45, 2.75) is 12.9 Å². The maximum absolute atomic E-state index is 15.5. The predicted molar refractivity (Wildman–Crippen MR) is 106 cm³/mol. The van der Waals surface area contributed by atoms with Crippen LogP contribution in [0.15, 0.2) is 41.3 Å². The molecular weight excluding hydrogens is 399 g/mol. The number of hydrogen-bond donors (Lipinski definition) is 2. The largest absolute Gasteiger partial charge is 0.477 e. The second-order valence-electron chi connectivity index (χ2n) is 6.40. The average molecular weight is 424 g/mol. The van der Waals surface area contributed by atoms with Crippen molar-refractivity contribution in [2.75, 3.05) is 24.4 Å². The zero-order chi connectivity index (χ0) is 27.9. The van der Waals surface area contributed by atoms with Gasteiger partial charge in [-0.25, -0.2) is 18.0 Å². The van der Waals surface area contributed by atoms with Crippen LogP contribution in [0.2, 0.25) is 0 Å². The summed E-state index contributed by atoms with van der Waals surface area (Å²) < 4.78 is 102. The van der Waals surface area contributed by atoms with Crippen LogP contribution < -0.4 is 15.6 Å². The highest BCUT2D eigenvalue weighted by atomic mass is 19.1. The Kier molecular flexibility index (Phi) is 3.26. The molecule has 30 heavy (non-hydrogen) atoms. The summed E-state index contributed by atoms with van der Waals surface area (Å²) in [6, 6.07) is 0.889. The topological polar surface area (TPSA) is 74.6 Å². The molecular formula is C21H18F3N3O3. The quantitative estimate of drug-likeness (QED) is 0.676. The molecule has 2 aromatic carbocycles. The lowest BCUT2D eigenvalue weighted by Crippen LogP contribution is -2.49. The summed E-state index contributed by atoms with van der Waals surface area (Å²) >= 11 is 0. The van der Waals surface area contributed by atoms with Crippen molar-refractivity contribution in [2.24, 2.45) is 0 Å². The van der Waals surface area contributed by atoms with Crippen molar-refractivity contribution in [3.8, 4) is 5.69 Å². The van der Waals surface area contributed by atoms with Gasteiger partial charge in [0.15, 0.2) is 0 Å². The van der Waals surface area contributed by atoms with Crippen molar-refractivity contribution < 1.29 is 32.7 Å². The Morgan fingerprint density at radius 2 is 1.97 bits per heavy atom. The second-order valence-corrected chi connectivity index (χ2v) is 6.40. The summed E-state index contributed by atoms with van der Waals surface area (Å²) in [5, 5.41) is 10.8. The van der Waals surface area contributed by atoms with Gasteiger partial charge < -0.3 is 19.9 Å². The van der Waals surface area contributed by atoms with Crippen LogP contribution in [0, 0.1) is 17.5 Å². The Balaban J connectivity index is 2.14. The van der Waals surface area contributed by atoms with Crippen molar-refractivity contribution in [3.05, 3.63) is 69.8 Å². The van der Waals surface area contributed by atoms with Gasteiger partial charge in [-0.3, -0.25) is 4.79 Å². The van der Waals surface area contributed by atoms with Gasteiger partial charge in [-0.2, -0.15) is 0 Å². The zero-order valence-corrected chi connectivity index (χ0v) is 15.3. The minimum atomic E-state index is -3.32. The molecule has 9 heteroatoms. The van der Waals surface area contributed by atoms with E-state index < -0.39 is 82.2 Å². The van der Waals surface area contributed by atoms with Crippen molar-refractivity contribution >= 4 is 22.6 Å². The van der Waals surface area contributed by atoms with Gasteiger partial charge in [-0.05, 0) is 31.2 Å². The molecule has 1 fully saturated rings. The van der Waals surface area contributed by atoms with Gasteiger partial charge in [0.2, 0.25) is 5.43 Å². The molecule has 2 heterocycles. The van der Waals surface area contributed by atoms with Crippen LogP contribution in [0.25, 0.3) is 16.6 Å². The molecule has 0 radical (unpaired) electrons. The molecule has 0 amide bonds. The number of carbonyl (C=O) groups is 1. The molecule has 1 atom stereocenters. The zero-order valence-electron chi connectivity index (χ0n) is 22.3. The molecule has 1 saturated heterocycles. The Labute approximate surface area is 179 Å². The number of nitrogens with zero attached hydrogens (tertiary/aromatic N) is 2. The lowest BCUT2D eigenvalue weighted by molar-refractivity contribution is 0.0695. The van der Waals surface area contributed by atoms with E-state index in [1.165, 1.54) is 0 Å². The molecule has 0 spiro atoms. The number of fused-ring (bicyclic) bond motifs is 1. The summed E-state index contributed by atoms with van der Waals surface area (Å²) in [5.74, 6) is -5.36. The van der Waals surface area contributed by atoms with Crippen LogP contribution in [-0.4, -0.2) is 41.2 Å². The molecule has 1 aliphatic rings. The van der Waals surface area contributed by atoms with E-state index in [1.807, 2.05) is 5.32 Å². The van der Waals surface area contributed by atoms with Crippen molar-refractivity contribution in [1.29, 1.82) is 0 Å². The third kappa shape index (κ3) is 3.41. The lowest BCUT2D eigenvalue weighted by atomic mass is 10.1. The maximum atomic E-state index is 15.5. The first kappa shape index (κ1) is 13.1. The van der Waals surface area contributed by atoms with Crippen LogP contribution in [0.5, 0.6) is 0 Å². The number of hydrogen-bond acceptors (Lipinski definition) is 4. The van der Waals surface area contributed by atoms with Gasteiger partial charge in [0.25, 0.3) is 0 Å². The van der Waals surface area contributed by atoms with Crippen LogP contribution in [0.1, 0.15) is 26.9 Å². The molecule has 4 rings (SSSR count). The average Bonchev–Trinajstić information content (AvgIpc) is 2.73. The fourth-order valence-corrected chi connectivity index (χ4v) is 3.06. The molecule has 1 aromatic heterocycles. The first-order chi connectivity index (χ1) is 16.8. The van der Waals surface area contributed by atoms with Gasteiger partial charge in [0.05, 0.1) is 22.4 Å². The number of nitrogens with one attached hydrogen (secondary N) is 1. The van der Waals surface area contributed by atoms with Gasteiger partial charge in [0, 0.05) is 47.3 Å². The fraction of sp³-hybridized carbons (Fsp3) is 0.238. The van der Waals surface area contributed by atoms with Gasteiger partial charge in [-0.15, -0.1) is 0 Å². The highest BCUT2D eigenvalue weighted by Gasteiger charge is 2.23.